The van der Waals surface area contributed by atoms with Gasteiger partial charge in [0.25, 0.3) is 5.69 Å². The lowest BCUT2D eigenvalue weighted by atomic mass is 10.3. The quantitative estimate of drug-likeness (QED) is 0.261. The first-order valence-corrected chi connectivity index (χ1v) is 7.39. The van der Waals surface area contributed by atoms with Crippen LogP contribution >= 0.6 is 23.2 Å². The number of nitrogens with one attached hydrogen (secondary N) is 1. The van der Waals surface area contributed by atoms with Crippen molar-refractivity contribution < 1.29 is 19.2 Å². The maximum Gasteiger partial charge on any atom is 0.315 e. The van der Waals surface area contributed by atoms with Crippen molar-refractivity contribution in [2.45, 2.75) is 20.3 Å². The van der Waals surface area contributed by atoms with Crippen molar-refractivity contribution in [3.05, 3.63) is 32.3 Å². The van der Waals surface area contributed by atoms with Crippen LogP contribution in [0, 0.1) is 10.1 Å². The largest absolute Gasteiger partial charge is 0.480 e. The Balaban J connectivity index is 3.00. The average molecular weight is 364 g/mol. The normalized spacial score (nSPS) is 11.0. The Morgan fingerprint density at radius 2 is 1.87 bits per heavy atom. The van der Waals surface area contributed by atoms with E-state index in [9.17, 15) is 14.9 Å². The van der Waals surface area contributed by atoms with Crippen LogP contribution in [0.25, 0.3) is 0 Å². The van der Waals surface area contributed by atoms with Gasteiger partial charge in [-0.25, -0.2) is 0 Å². The highest BCUT2D eigenvalue weighted by Gasteiger charge is 2.17. The molecule has 0 fully saturated rings. The number of rotatable bonds is 7. The number of nitrogens with zero attached hydrogens (tertiary/aromatic N) is 2. The molecule has 23 heavy (non-hydrogen) atoms. The van der Waals surface area contributed by atoms with Gasteiger partial charge in [-0.2, -0.15) is 0 Å². The molecule has 0 saturated carbocycles. The number of hydrogen-bond acceptors (Lipinski definition) is 7. The SMILES string of the molecule is CCOC(=O)C/C(=N/Nc1cc(Cl)c(Cl)cc1[N+](=O)[O-])OCC. The molecular formula is C13H15Cl2N3O5. The lowest BCUT2D eigenvalue weighted by Gasteiger charge is -2.09. The van der Waals surface area contributed by atoms with Gasteiger partial charge < -0.3 is 9.47 Å². The van der Waals surface area contributed by atoms with Gasteiger partial charge in [-0.1, -0.05) is 23.2 Å². The summed E-state index contributed by atoms with van der Waals surface area (Å²) in [5.74, 6) is -0.489. The molecule has 0 aliphatic rings. The Kier molecular flexibility index (Phi) is 7.56. The van der Waals surface area contributed by atoms with Crippen LogP contribution in [-0.4, -0.2) is 30.0 Å². The molecule has 10 heteroatoms. The van der Waals surface area contributed by atoms with E-state index in [0.29, 0.717) is 0 Å². The van der Waals surface area contributed by atoms with Gasteiger partial charge in [-0.3, -0.25) is 20.3 Å². The Bertz CT molecular complexity index is 622. The number of benzene rings is 1. The number of anilines is 1. The lowest BCUT2D eigenvalue weighted by Crippen LogP contribution is -2.15. The van der Waals surface area contributed by atoms with Gasteiger partial charge in [0.2, 0.25) is 5.90 Å². The fourth-order valence-electron chi connectivity index (χ4n) is 1.52. The van der Waals surface area contributed by atoms with Crippen molar-refractivity contribution in [1.82, 2.24) is 0 Å². The average Bonchev–Trinajstić information content (AvgIpc) is 2.48. The molecule has 0 saturated heterocycles. The van der Waals surface area contributed by atoms with Crippen LogP contribution in [-0.2, 0) is 14.3 Å². The van der Waals surface area contributed by atoms with Crippen LogP contribution in [0.2, 0.25) is 10.0 Å². The number of ether oxygens (including phenoxy) is 2. The van der Waals surface area contributed by atoms with Gasteiger partial charge in [0, 0.05) is 6.07 Å². The molecule has 0 radical (unpaired) electrons. The van der Waals surface area contributed by atoms with Gasteiger partial charge in [0.15, 0.2) is 0 Å². The molecule has 1 aromatic rings. The Hall–Kier alpha value is -2.06. The fraction of sp³-hybridized carbons (Fsp3) is 0.385. The minimum atomic E-state index is -0.633. The highest BCUT2D eigenvalue weighted by molar-refractivity contribution is 6.42. The van der Waals surface area contributed by atoms with E-state index in [4.69, 9.17) is 32.7 Å². The van der Waals surface area contributed by atoms with Crippen LogP contribution in [0.4, 0.5) is 11.4 Å². The number of carbonyl (C=O) groups is 1. The van der Waals surface area contributed by atoms with E-state index >= 15 is 0 Å². The highest BCUT2D eigenvalue weighted by atomic mass is 35.5. The minimum Gasteiger partial charge on any atom is -0.480 e. The summed E-state index contributed by atoms with van der Waals surface area (Å²) in [5.41, 5.74) is 2.17. The number of nitro benzene ring substituents is 1. The van der Waals surface area contributed by atoms with E-state index in [1.165, 1.54) is 6.07 Å². The zero-order chi connectivity index (χ0) is 17.4. The van der Waals surface area contributed by atoms with Gasteiger partial charge in [-0.05, 0) is 19.9 Å². The molecule has 0 aliphatic carbocycles. The summed E-state index contributed by atoms with van der Waals surface area (Å²) < 4.78 is 9.99. The third-order valence-electron chi connectivity index (χ3n) is 2.45. The zero-order valence-electron chi connectivity index (χ0n) is 12.5. The monoisotopic (exact) mass is 363 g/mol. The van der Waals surface area contributed by atoms with Crippen molar-refractivity contribution in [3.8, 4) is 0 Å². The zero-order valence-corrected chi connectivity index (χ0v) is 14.0. The molecule has 0 heterocycles. The van der Waals surface area contributed by atoms with E-state index in [-0.39, 0.29) is 47.0 Å². The van der Waals surface area contributed by atoms with E-state index in [1.54, 1.807) is 13.8 Å². The van der Waals surface area contributed by atoms with Crippen molar-refractivity contribution in [2.75, 3.05) is 18.6 Å². The van der Waals surface area contributed by atoms with Gasteiger partial charge >= 0.3 is 5.97 Å². The molecule has 0 aliphatic heterocycles. The maximum atomic E-state index is 11.5. The molecule has 1 aromatic carbocycles. The number of nitro groups is 1. The van der Waals surface area contributed by atoms with E-state index in [1.807, 2.05) is 0 Å². The molecule has 0 spiro atoms. The summed E-state index contributed by atoms with van der Waals surface area (Å²) in [4.78, 5) is 21.9. The van der Waals surface area contributed by atoms with Crippen LogP contribution in [0.5, 0.6) is 0 Å². The molecule has 0 unspecified atom stereocenters. The smallest absolute Gasteiger partial charge is 0.315 e. The van der Waals surface area contributed by atoms with Gasteiger partial charge in [0.05, 0.1) is 28.2 Å². The lowest BCUT2D eigenvalue weighted by molar-refractivity contribution is -0.383. The Morgan fingerprint density at radius 1 is 1.26 bits per heavy atom. The summed E-state index contributed by atoms with van der Waals surface area (Å²) in [6.45, 7) is 3.88. The van der Waals surface area contributed by atoms with Crippen LogP contribution < -0.4 is 5.43 Å². The second-order valence-electron chi connectivity index (χ2n) is 4.07. The summed E-state index contributed by atoms with van der Waals surface area (Å²) in [5, 5.41) is 15.1. The van der Waals surface area contributed by atoms with Crippen LogP contribution in [0.15, 0.2) is 17.2 Å². The number of esters is 1. The molecule has 1 rings (SSSR count). The second-order valence-corrected chi connectivity index (χ2v) is 4.89. The molecular weight excluding hydrogens is 349 g/mol. The summed E-state index contributed by atoms with van der Waals surface area (Å²) in [7, 11) is 0. The first-order valence-electron chi connectivity index (χ1n) is 6.63. The standard InChI is InChI=1S/C13H15Cl2N3O5/c1-3-22-12(7-13(19)23-4-2)17-16-10-5-8(14)9(15)6-11(10)18(20)21/h5-6,16H,3-4,7H2,1-2H3/b17-12-. The first-order chi connectivity index (χ1) is 10.9. The molecule has 126 valence electrons. The first kappa shape index (κ1) is 19.0. The Morgan fingerprint density at radius 3 is 2.43 bits per heavy atom. The summed E-state index contributed by atoms with van der Waals surface area (Å²) in [6, 6.07) is 2.37. The fourth-order valence-corrected chi connectivity index (χ4v) is 1.85. The topological polar surface area (TPSA) is 103 Å². The molecule has 8 nitrogen and oxygen atoms in total. The van der Waals surface area contributed by atoms with Crippen molar-refractivity contribution >= 4 is 46.4 Å². The number of carbonyl (C=O) groups excluding carboxylic acids is 1. The maximum absolute atomic E-state index is 11.5. The molecule has 1 N–H and O–H groups in total. The van der Waals surface area contributed by atoms with E-state index in [0.717, 1.165) is 6.07 Å². The third kappa shape index (κ3) is 5.91. The van der Waals surface area contributed by atoms with Crippen molar-refractivity contribution in [1.29, 1.82) is 0 Å². The predicted molar refractivity (Wildman–Crippen MR) is 87.1 cm³/mol. The third-order valence-corrected chi connectivity index (χ3v) is 3.17. The number of halogens is 2. The number of hydrazone groups is 1. The van der Waals surface area contributed by atoms with Crippen LogP contribution in [0.1, 0.15) is 20.3 Å². The van der Waals surface area contributed by atoms with Gasteiger partial charge in [0.1, 0.15) is 12.1 Å². The summed E-state index contributed by atoms with van der Waals surface area (Å²) in [6.07, 6.45) is -0.205. The molecule has 0 aromatic heterocycles. The second kappa shape index (κ2) is 9.16. The van der Waals surface area contributed by atoms with E-state index in [2.05, 4.69) is 10.5 Å². The van der Waals surface area contributed by atoms with E-state index < -0.39 is 10.9 Å². The summed E-state index contributed by atoms with van der Waals surface area (Å²) >= 11 is 11.6. The van der Waals surface area contributed by atoms with Crippen molar-refractivity contribution in [2.24, 2.45) is 5.10 Å². The molecule has 0 atom stereocenters. The highest BCUT2D eigenvalue weighted by Crippen LogP contribution is 2.33. The number of hydrogen-bond donors (Lipinski definition) is 1. The van der Waals surface area contributed by atoms with Crippen LogP contribution in [0.3, 0.4) is 0 Å². The molecule has 0 bridgehead atoms. The molecule has 0 amide bonds. The Labute approximate surface area is 142 Å². The van der Waals surface area contributed by atoms with Gasteiger partial charge in [-0.15, -0.1) is 5.10 Å². The predicted octanol–water partition coefficient (Wildman–Crippen LogP) is 3.62. The van der Waals surface area contributed by atoms with Crippen molar-refractivity contribution in [3.63, 3.8) is 0 Å². The minimum absolute atomic E-state index is 0.0189.